The highest BCUT2D eigenvalue weighted by atomic mass is 16.5. The van der Waals surface area contributed by atoms with Crippen LogP contribution in [0.4, 0.5) is 11.4 Å². The van der Waals surface area contributed by atoms with Crippen molar-refractivity contribution in [3.63, 3.8) is 0 Å². The standard InChI is InChI=1S/C14H20N2O3/c1-14(2)9-16(6-7-19-14)12-5-4-10(15)8-11(12)13(17)18-3/h4-5,8H,6-7,9,15H2,1-3H3. The molecular formula is C14H20N2O3. The van der Waals surface area contributed by atoms with Gasteiger partial charge in [-0.3, -0.25) is 0 Å². The molecule has 1 aliphatic rings. The van der Waals surface area contributed by atoms with Crippen molar-refractivity contribution in [2.75, 3.05) is 37.4 Å². The number of nitrogen functional groups attached to an aromatic ring is 1. The van der Waals surface area contributed by atoms with Crippen LogP contribution >= 0.6 is 0 Å². The van der Waals surface area contributed by atoms with Gasteiger partial charge in [-0.1, -0.05) is 0 Å². The SMILES string of the molecule is COC(=O)c1cc(N)ccc1N1CCOC(C)(C)C1. The van der Waals surface area contributed by atoms with Crippen LogP contribution in [0.2, 0.25) is 0 Å². The van der Waals surface area contributed by atoms with Gasteiger partial charge in [-0.25, -0.2) is 4.79 Å². The molecule has 1 saturated heterocycles. The third-order valence-corrected chi connectivity index (χ3v) is 3.19. The van der Waals surface area contributed by atoms with Crippen molar-refractivity contribution in [1.82, 2.24) is 0 Å². The highest BCUT2D eigenvalue weighted by Gasteiger charge is 2.29. The first kappa shape index (κ1) is 13.7. The molecule has 104 valence electrons. The third kappa shape index (κ3) is 2.98. The quantitative estimate of drug-likeness (QED) is 0.650. The third-order valence-electron chi connectivity index (χ3n) is 3.19. The first-order valence-corrected chi connectivity index (χ1v) is 6.30. The van der Waals surface area contributed by atoms with Crippen molar-refractivity contribution in [3.8, 4) is 0 Å². The first-order valence-electron chi connectivity index (χ1n) is 6.30. The summed E-state index contributed by atoms with van der Waals surface area (Å²) in [6.07, 6.45) is 0. The molecule has 0 amide bonds. The second-order valence-electron chi connectivity index (χ2n) is 5.30. The van der Waals surface area contributed by atoms with Crippen LogP contribution in [0.25, 0.3) is 0 Å². The van der Waals surface area contributed by atoms with Gasteiger partial charge in [0.2, 0.25) is 0 Å². The van der Waals surface area contributed by atoms with Crippen LogP contribution in [0.1, 0.15) is 24.2 Å². The van der Waals surface area contributed by atoms with E-state index >= 15 is 0 Å². The smallest absolute Gasteiger partial charge is 0.340 e. The molecule has 5 heteroatoms. The second kappa shape index (κ2) is 5.09. The normalized spacial score (nSPS) is 18.2. The van der Waals surface area contributed by atoms with E-state index in [0.717, 1.165) is 18.8 Å². The Morgan fingerprint density at radius 2 is 2.21 bits per heavy atom. The van der Waals surface area contributed by atoms with E-state index in [1.54, 1.807) is 12.1 Å². The van der Waals surface area contributed by atoms with Gasteiger partial charge < -0.3 is 20.1 Å². The summed E-state index contributed by atoms with van der Waals surface area (Å²) in [4.78, 5) is 14.0. The van der Waals surface area contributed by atoms with E-state index < -0.39 is 0 Å². The number of rotatable bonds is 2. The molecule has 0 atom stereocenters. The van der Waals surface area contributed by atoms with Gasteiger partial charge >= 0.3 is 5.97 Å². The van der Waals surface area contributed by atoms with E-state index in [4.69, 9.17) is 15.2 Å². The van der Waals surface area contributed by atoms with Crippen molar-refractivity contribution in [2.45, 2.75) is 19.4 Å². The van der Waals surface area contributed by atoms with Crippen molar-refractivity contribution < 1.29 is 14.3 Å². The summed E-state index contributed by atoms with van der Waals surface area (Å²) in [7, 11) is 1.37. The summed E-state index contributed by atoms with van der Waals surface area (Å²) >= 11 is 0. The number of methoxy groups -OCH3 is 1. The number of morpholine rings is 1. The van der Waals surface area contributed by atoms with Crippen LogP contribution in [-0.2, 0) is 9.47 Å². The monoisotopic (exact) mass is 264 g/mol. The molecule has 1 aromatic rings. The Labute approximate surface area is 113 Å². The minimum Gasteiger partial charge on any atom is -0.465 e. The number of ether oxygens (including phenoxy) is 2. The lowest BCUT2D eigenvalue weighted by Crippen LogP contribution is -2.48. The number of carbonyl (C=O) groups is 1. The van der Waals surface area contributed by atoms with Gasteiger partial charge in [0, 0.05) is 18.8 Å². The maximum absolute atomic E-state index is 11.9. The van der Waals surface area contributed by atoms with Gasteiger partial charge in [-0.05, 0) is 32.0 Å². The topological polar surface area (TPSA) is 64.8 Å². The molecule has 19 heavy (non-hydrogen) atoms. The molecule has 0 radical (unpaired) electrons. The summed E-state index contributed by atoms with van der Waals surface area (Å²) in [6.45, 7) is 6.18. The number of hydrogen-bond acceptors (Lipinski definition) is 5. The summed E-state index contributed by atoms with van der Waals surface area (Å²) in [6, 6.07) is 5.32. The molecule has 0 unspecified atom stereocenters. The zero-order chi connectivity index (χ0) is 14.0. The van der Waals surface area contributed by atoms with E-state index in [-0.39, 0.29) is 11.6 Å². The molecule has 0 saturated carbocycles. The lowest BCUT2D eigenvalue weighted by molar-refractivity contribution is -0.0277. The molecule has 1 aromatic carbocycles. The molecule has 0 bridgehead atoms. The maximum Gasteiger partial charge on any atom is 0.340 e. The van der Waals surface area contributed by atoms with Crippen molar-refractivity contribution in [2.24, 2.45) is 0 Å². The number of hydrogen-bond donors (Lipinski definition) is 1. The molecule has 5 nitrogen and oxygen atoms in total. The fourth-order valence-corrected chi connectivity index (χ4v) is 2.32. The van der Waals surface area contributed by atoms with Crippen LogP contribution in [0.5, 0.6) is 0 Å². The fraction of sp³-hybridized carbons (Fsp3) is 0.500. The lowest BCUT2D eigenvalue weighted by atomic mass is 10.0. The minimum absolute atomic E-state index is 0.229. The largest absolute Gasteiger partial charge is 0.465 e. The Kier molecular flexibility index (Phi) is 3.66. The molecule has 0 aliphatic carbocycles. The Morgan fingerprint density at radius 1 is 1.47 bits per heavy atom. The van der Waals surface area contributed by atoms with E-state index in [1.165, 1.54) is 7.11 Å². The summed E-state index contributed by atoms with van der Waals surface area (Å²) in [5.41, 5.74) is 7.42. The summed E-state index contributed by atoms with van der Waals surface area (Å²) in [5.74, 6) is -0.369. The van der Waals surface area contributed by atoms with Crippen LogP contribution < -0.4 is 10.6 Å². The van der Waals surface area contributed by atoms with Crippen molar-refractivity contribution in [3.05, 3.63) is 23.8 Å². The molecule has 1 aliphatic heterocycles. The van der Waals surface area contributed by atoms with Crippen LogP contribution in [0.15, 0.2) is 18.2 Å². The van der Waals surface area contributed by atoms with E-state index in [0.29, 0.717) is 17.9 Å². The zero-order valence-electron chi connectivity index (χ0n) is 11.6. The number of esters is 1. The molecule has 1 fully saturated rings. The van der Waals surface area contributed by atoms with Gasteiger partial charge in [0.15, 0.2) is 0 Å². The van der Waals surface area contributed by atoms with Gasteiger partial charge in [0.25, 0.3) is 0 Å². The number of anilines is 2. The van der Waals surface area contributed by atoms with Gasteiger partial charge in [0.1, 0.15) is 0 Å². The minimum atomic E-state index is -0.369. The molecule has 1 heterocycles. The Hall–Kier alpha value is -1.75. The molecule has 2 N–H and O–H groups in total. The van der Waals surface area contributed by atoms with Crippen molar-refractivity contribution >= 4 is 17.3 Å². The number of benzene rings is 1. The first-order chi connectivity index (χ1) is 8.93. The molecular weight excluding hydrogens is 244 g/mol. The number of nitrogens with zero attached hydrogens (tertiary/aromatic N) is 1. The summed E-state index contributed by atoms with van der Waals surface area (Å²) < 4.78 is 10.5. The van der Waals surface area contributed by atoms with Crippen LogP contribution in [0.3, 0.4) is 0 Å². The van der Waals surface area contributed by atoms with E-state index in [1.807, 2.05) is 19.9 Å². The van der Waals surface area contributed by atoms with E-state index in [9.17, 15) is 4.79 Å². The summed E-state index contributed by atoms with van der Waals surface area (Å²) in [5, 5.41) is 0. The fourth-order valence-electron chi connectivity index (χ4n) is 2.32. The van der Waals surface area contributed by atoms with Crippen LogP contribution in [0, 0.1) is 0 Å². The second-order valence-corrected chi connectivity index (χ2v) is 5.30. The number of nitrogens with two attached hydrogens (primary N) is 1. The van der Waals surface area contributed by atoms with Gasteiger partial charge in [-0.15, -0.1) is 0 Å². The van der Waals surface area contributed by atoms with Crippen molar-refractivity contribution in [1.29, 1.82) is 0 Å². The van der Waals surface area contributed by atoms with Gasteiger partial charge in [-0.2, -0.15) is 0 Å². The highest BCUT2D eigenvalue weighted by Crippen LogP contribution is 2.28. The van der Waals surface area contributed by atoms with E-state index in [2.05, 4.69) is 4.90 Å². The molecule has 0 spiro atoms. The predicted octanol–water partition coefficient (Wildman–Crippen LogP) is 1.67. The Morgan fingerprint density at radius 3 is 2.84 bits per heavy atom. The molecule has 0 aromatic heterocycles. The highest BCUT2D eigenvalue weighted by molar-refractivity contribution is 5.97. The Bertz CT molecular complexity index is 486. The predicted molar refractivity (Wildman–Crippen MR) is 74.4 cm³/mol. The zero-order valence-corrected chi connectivity index (χ0v) is 11.6. The lowest BCUT2D eigenvalue weighted by Gasteiger charge is -2.40. The van der Waals surface area contributed by atoms with Gasteiger partial charge in [0.05, 0.1) is 30.6 Å². The average molecular weight is 264 g/mol. The Balaban J connectivity index is 2.36. The molecule has 2 rings (SSSR count). The average Bonchev–Trinajstić information content (AvgIpc) is 2.36. The maximum atomic E-state index is 11.9. The number of carbonyl (C=O) groups excluding carboxylic acids is 1. The van der Waals surface area contributed by atoms with Crippen LogP contribution in [-0.4, -0.2) is 38.4 Å².